The quantitative estimate of drug-likeness (QED) is 0.548. The lowest BCUT2D eigenvalue weighted by Gasteiger charge is -2.01. The van der Waals surface area contributed by atoms with Gasteiger partial charge >= 0.3 is 5.97 Å². The molecule has 0 aromatic heterocycles. The van der Waals surface area contributed by atoms with Crippen LogP contribution in [0.5, 0.6) is 0 Å². The molecule has 0 heterocycles. The average Bonchev–Trinajstić information content (AvgIpc) is 2.16. The first kappa shape index (κ1) is 7.79. The Morgan fingerprint density at radius 2 is 2.46 bits per heavy atom. The summed E-state index contributed by atoms with van der Waals surface area (Å²) in [5.74, 6) is -0.480. The van der Waals surface area contributed by atoms with Crippen LogP contribution in [0.25, 0.3) is 0 Å². The summed E-state index contributed by atoms with van der Waals surface area (Å²) < 4.78 is 11.2. The van der Waals surface area contributed by atoms with Crippen LogP contribution < -0.4 is 5.32 Å². The summed E-state index contributed by atoms with van der Waals surface area (Å²) in [6.07, 6.45) is -0.924. The average molecular weight is 181 g/mol. The predicted octanol–water partition coefficient (Wildman–Crippen LogP) is 1.04. The molecule has 1 aromatic carbocycles. The molecule has 4 nitrogen and oxygen atoms in total. The number of hydrogen-bond acceptors (Lipinski definition) is 3. The van der Waals surface area contributed by atoms with Crippen LogP contribution in [0.2, 0.25) is 0 Å². The second-order valence-electron chi connectivity index (χ2n) is 2.30. The van der Waals surface area contributed by atoms with E-state index in [9.17, 15) is 9.59 Å². The summed E-state index contributed by atoms with van der Waals surface area (Å²) >= 11 is 0. The molecule has 1 rings (SSSR count). The van der Waals surface area contributed by atoms with Crippen molar-refractivity contribution in [1.82, 2.24) is 0 Å². The van der Waals surface area contributed by atoms with Gasteiger partial charge in [-0.1, -0.05) is 6.07 Å². The van der Waals surface area contributed by atoms with E-state index in [0.717, 1.165) is 0 Å². The molecule has 0 fully saturated rings. The second-order valence-corrected chi connectivity index (χ2v) is 2.30. The summed E-state index contributed by atoms with van der Waals surface area (Å²) in [5, 5.41) is 2.24. The zero-order chi connectivity index (χ0) is 10.6. The van der Waals surface area contributed by atoms with E-state index in [1.807, 2.05) is 0 Å². The molecule has 0 spiro atoms. The highest BCUT2D eigenvalue weighted by atomic mass is 16.5. The van der Waals surface area contributed by atoms with Crippen LogP contribution in [-0.2, 0) is 9.53 Å². The highest BCUT2D eigenvalue weighted by Gasteiger charge is 2.04. The molecule has 0 saturated carbocycles. The first-order valence-electron chi connectivity index (χ1n) is 4.09. The van der Waals surface area contributed by atoms with E-state index < -0.39 is 12.4 Å². The number of carbonyl (C=O) groups is 2. The minimum Gasteiger partial charge on any atom is -0.465 e. The highest BCUT2D eigenvalue weighted by molar-refractivity contribution is 5.91. The number of rotatable bonds is 2. The largest absolute Gasteiger partial charge is 0.465 e. The van der Waals surface area contributed by atoms with Crippen LogP contribution in [0.1, 0.15) is 11.7 Å². The van der Waals surface area contributed by atoms with Crippen molar-refractivity contribution in [3.8, 4) is 0 Å². The van der Waals surface area contributed by atoms with E-state index in [1.54, 1.807) is 18.2 Å². The summed E-state index contributed by atoms with van der Waals surface area (Å²) in [4.78, 5) is 21.5. The van der Waals surface area contributed by atoms with Gasteiger partial charge in [0.2, 0.25) is 6.39 Å². The zero-order valence-corrected chi connectivity index (χ0v) is 7.03. The Morgan fingerprint density at radius 3 is 3.08 bits per heavy atom. The van der Waals surface area contributed by atoms with Gasteiger partial charge in [-0.15, -0.1) is 0 Å². The van der Waals surface area contributed by atoms with Gasteiger partial charge in [0.15, 0.2) is 0 Å². The minimum atomic E-state index is -0.924. The maximum absolute atomic E-state index is 11.1. The SMILES string of the molecule is [3H]C(=O)Nc1cccc(C(=O)OC)c1. The van der Waals surface area contributed by atoms with Crippen LogP contribution in [0.15, 0.2) is 24.3 Å². The molecule has 1 aromatic rings. The predicted molar refractivity (Wildman–Crippen MR) is 47.5 cm³/mol. The topological polar surface area (TPSA) is 55.4 Å². The summed E-state index contributed by atoms with van der Waals surface area (Å²) in [7, 11) is 1.28. The van der Waals surface area contributed by atoms with Crippen molar-refractivity contribution < 1.29 is 15.7 Å². The number of anilines is 1. The molecule has 0 aliphatic heterocycles. The number of ether oxygens (including phenoxy) is 1. The van der Waals surface area contributed by atoms with Crippen molar-refractivity contribution in [1.29, 1.82) is 0 Å². The Hall–Kier alpha value is -1.84. The van der Waals surface area contributed by atoms with Gasteiger partial charge in [0, 0.05) is 5.69 Å². The molecule has 0 aliphatic carbocycles. The number of hydrogen-bond donors (Lipinski definition) is 1. The van der Waals surface area contributed by atoms with Crippen LogP contribution in [0.3, 0.4) is 0 Å². The van der Waals surface area contributed by atoms with E-state index in [1.165, 1.54) is 13.2 Å². The number of amides is 1. The van der Waals surface area contributed by atoms with Gasteiger partial charge in [0.25, 0.3) is 0 Å². The van der Waals surface area contributed by atoms with Crippen molar-refractivity contribution >= 4 is 18.0 Å². The van der Waals surface area contributed by atoms with E-state index in [-0.39, 0.29) is 0 Å². The highest BCUT2D eigenvalue weighted by Crippen LogP contribution is 2.10. The molecule has 0 aliphatic rings. The molecule has 1 amide bonds. The molecule has 0 bridgehead atoms. The van der Waals surface area contributed by atoms with Crippen molar-refractivity contribution in [2.45, 2.75) is 0 Å². The molecule has 13 heavy (non-hydrogen) atoms. The molecule has 0 saturated heterocycles. The lowest BCUT2D eigenvalue weighted by molar-refractivity contribution is -0.105. The maximum Gasteiger partial charge on any atom is 0.337 e. The van der Waals surface area contributed by atoms with E-state index >= 15 is 0 Å². The van der Waals surface area contributed by atoms with Gasteiger partial charge in [-0.25, -0.2) is 4.79 Å². The van der Waals surface area contributed by atoms with Gasteiger partial charge in [-0.3, -0.25) is 4.79 Å². The monoisotopic (exact) mass is 181 g/mol. The third-order valence-corrected chi connectivity index (χ3v) is 1.48. The Balaban J connectivity index is 2.89. The number of methoxy groups -OCH3 is 1. The second kappa shape index (κ2) is 4.25. The van der Waals surface area contributed by atoms with E-state index in [4.69, 9.17) is 1.37 Å². The molecule has 0 atom stereocenters. The summed E-state index contributed by atoms with van der Waals surface area (Å²) in [5.41, 5.74) is 0.728. The lowest BCUT2D eigenvalue weighted by Crippen LogP contribution is -2.02. The molecule has 1 N–H and O–H groups in total. The Labute approximate surface area is 76.9 Å². The van der Waals surface area contributed by atoms with Crippen LogP contribution >= 0.6 is 0 Å². The van der Waals surface area contributed by atoms with E-state index in [2.05, 4.69) is 10.1 Å². The molecule has 0 radical (unpaired) electrons. The molecule has 68 valence electrons. The van der Waals surface area contributed by atoms with Crippen LogP contribution in [0.4, 0.5) is 5.69 Å². The van der Waals surface area contributed by atoms with Crippen LogP contribution in [-0.4, -0.2) is 19.5 Å². The number of esters is 1. The zero-order valence-electron chi connectivity index (χ0n) is 8.03. The first-order valence-corrected chi connectivity index (χ1v) is 3.59. The lowest BCUT2D eigenvalue weighted by atomic mass is 10.2. The Bertz CT molecular complexity index is 365. The standard InChI is InChI=1S/C9H9NO3/c1-13-9(12)7-3-2-4-8(5-7)10-6-11/h2-6H,1H3,(H,10,11)/i6T. The maximum atomic E-state index is 11.1. The molecule has 0 unspecified atom stereocenters. The minimum absolute atomic E-state index is 0.332. The molecular weight excluding hydrogens is 170 g/mol. The summed E-state index contributed by atoms with van der Waals surface area (Å²) in [6, 6.07) is 6.18. The van der Waals surface area contributed by atoms with Gasteiger partial charge in [0.1, 0.15) is 1.37 Å². The number of benzene rings is 1. The van der Waals surface area contributed by atoms with Gasteiger partial charge in [-0.05, 0) is 18.2 Å². The van der Waals surface area contributed by atoms with Gasteiger partial charge in [0.05, 0.1) is 12.7 Å². The Morgan fingerprint density at radius 1 is 1.69 bits per heavy atom. The Kier molecular flexibility index (Phi) is 2.55. The normalized spacial score (nSPS) is 10.1. The van der Waals surface area contributed by atoms with Gasteiger partial charge in [-0.2, -0.15) is 0 Å². The molecule has 4 heteroatoms. The van der Waals surface area contributed by atoms with Crippen molar-refractivity contribution in [2.75, 3.05) is 12.4 Å². The number of carbonyl (C=O) groups excluding carboxylic acids is 2. The van der Waals surface area contributed by atoms with Crippen molar-refractivity contribution in [2.24, 2.45) is 0 Å². The fraction of sp³-hybridized carbons (Fsp3) is 0.111. The summed E-state index contributed by atoms with van der Waals surface area (Å²) in [6.45, 7) is 0. The third kappa shape index (κ3) is 2.30. The fourth-order valence-corrected chi connectivity index (χ4v) is 0.901. The van der Waals surface area contributed by atoms with E-state index in [0.29, 0.717) is 11.3 Å². The van der Waals surface area contributed by atoms with Gasteiger partial charge < -0.3 is 10.1 Å². The first-order chi connectivity index (χ1) is 6.63. The third-order valence-electron chi connectivity index (χ3n) is 1.48. The fourth-order valence-electron chi connectivity index (χ4n) is 0.901. The van der Waals surface area contributed by atoms with Crippen molar-refractivity contribution in [3.05, 3.63) is 29.8 Å². The van der Waals surface area contributed by atoms with Crippen molar-refractivity contribution in [3.63, 3.8) is 0 Å². The number of nitrogens with one attached hydrogen (secondary N) is 1. The van der Waals surface area contributed by atoms with Crippen LogP contribution in [0, 0.1) is 0 Å². The molecular formula is C9H9NO3. The smallest absolute Gasteiger partial charge is 0.337 e.